The molecule has 0 atom stereocenters. The van der Waals surface area contributed by atoms with Gasteiger partial charge in [0.2, 0.25) is 0 Å². The minimum atomic E-state index is 0.933. The lowest BCUT2D eigenvalue weighted by molar-refractivity contribution is 0.410. The van der Waals surface area contributed by atoms with Crippen LogP contribution in [0.15, 0.2) is 36.9 Å². The maximum atomic E-state index is 5.30. The first-order chi connectivity index (χ1) is 9.76. The van der Waals surface area contributed by atoms with Crippen molar-refractivity contribution in [2.24, 2.45) is 0 Å². The van der Waals surface area contributed by atoms with E-state index in [4.69, 9.17) is 4.74 Å². The Morgan fingerprint density at radius 3 is 2.10 bits per heavy atom. The lowest BCUT2D eigenvalue weighted by Crippen LogP contribution is -1.91. The first kappa shape index (κ1) is 16.2. The summed E-state index contributed by atoms with van der Waals surface area (Å²) in [6, 6.07) is 6.13. The van der Waals surface area contributed by atoms with Gasteiger partial charge in [-0.3, -0.25) is 0 Å². The average Bonchev–Trinajstić information content (AvgIpc) is 2.55. The van der Waals surface area contributed by atoms with Crippen LogP contribution in [-0.4, -0.2) is 17.1 Å². The average molecular weight is 272 g/mol. The van der Waals surface area contributed by atoms with Crippen molar-refractivity contribution in [2.45, 2.75) is 40.0 Å². The highest BCUT2D eigenvalue weighted by atomic mass is 16.5. The van der Waals surface area contributed by atoms with Gasteiger partial charge < -0.3 is 4.74 Å². The second kappa shape index (κ2) is 9.08. The van der Waals surface area contributed by atoms with Gasteiger partial charge in [-0.25, -0.2) is 9.97 Å². The second-order valence-electron chi connectivity index (χ2n) is 4.51. The molecule has 3 heteroatoms. The monoisotopic (exact) mass is 272 g/mol. The predicted molar refractivity (Wildman–Crippen MR) is 84.0 cm³/mol. The molecule has 108 valence electrons. The summed E-state index contributed by atoms with van der Waals surface area (Å²) in [4.78, 5) is 8.03. The molecule has 1 aromatic heterocycles. The molecule has 20 heavy (non-hydrogen) atoms. The zero-order valence-corrected chi connectivity index (χ0v) is 12.9. The summed E-state index contributed by atoms with van der Waals surface area (Å²) in [5, 5.41) is 0. The van der Waals surface area contributed by atoms with E-state index in [0.29, 0.717) is 0 Å². The molecule has 0 saturated heterocycles. The van der Waals surface area contributed by atoms with Crippen molar-refractivity contribution < 1.29 is 4.74 Å². The summed E-state index contributed by atoms with van der Waals surface area (Å²) >= 11 is 0. The Bertz CT molecular complexity index is 496. The van der Waals surface area contributed by atoms with Crippen LogP contribution in [0.4, 0.5) is 0 Å². The summed E-state index contributed by atoms with van der Waals surface area (Å²) in [5.41, 5.74) is 3.35. The van der Waals surface area contributed by atoms with Crippen molar-refractivity contribution in [2.75, 3.05) is 7.11 Å². The van der Waals surface area contributed by atoms with Gasteiger partial charge in [0.25, 0.3) is 0 Å². The third-order valence-corrected chi connectivity index (χ3v) is 3.06. The molecule has 0 N–H and O–H groups in total. The van der Waals surface area contributed by atoms with E-state index in [0.717, 1.165) is 23.3 Å². The summed E-state index contributed by atoms with van der Waals surface area (Å²) in [6.07, 6.45) is 8.75. The fraction of sp³-hybridized carbons (Fsp3) is 0.412. The van der Waals surface area contributed by atoms with Crippen LogP contribution in [0.5, 0.6) is 5.75 Å². The number of hydrogen-bond donors (Lipinski definition) is 0. The number of unbranched alkanes of at least 4 members (excludes halogenated alkanes) is 1. The Balaban J connectivity index is 0.000000444. The number of aromatic nitrogens is 2. The van der Waals surface area contributed by atoms with Gasteiger partial charge in [-0.15, -0.1) is 0 Å². The highest BCUT2D eigenvalue weighted by Gasteiger charge is 2.04. The molecule has 0 aliphatic rings. The van der Waals surface area contributed by atoms with Crippen LogP contribution in [0.1, 0.15) is 39.2 Å². The van der Waals surface area contributed by atoms with Crippen LogP contribution in [0.25, 0.3) is 11.1 Å². The fourth-order valence-corrected chi connectivity index (χ4v) is 1.68. The van der Waals surface area contributed by atoms with Gasteiger partial charge in [0.05, 0.1) is 7.11 Å². The molecule has 0 saturated carbocycles. The highest BCUT2D eigenvalue weighted by Crippen LogP contribution is 2.25. The standard InChI is InChI=1S/C13H14N2O.C4H10/c1-3-10-6-11(4-5-13(10)16-2)12-7-14-9-15-8-12;1-3-4-2/h4-9H,3H2,1-2H3;3-4H2,1-2H3. The maximum absolute atomic E-state index is 5.30. The van der Waals surface area contributed by atoms with Crippen LogP contribution in [0.2, 0.25) is 0 Å². The number of ether oxygens (including phenoxy) is 1. The van der Waals surface area contributed by atoms with E-state index in [-0.39, 0.29) is 0 Å². The molecule has 0 unspecified atom stereocenters. The fourth-order valence-electron chi connectivity index (χ4n) is 1.68. The van der Waals surface area contributed by atoms with Crippen LogP contribution >= 0.6 is 0 Å². The van der Waals surface area contributed by atoms with Crippen LogP contribution in [0.3, 0.4) is 0 Å². The van der Waals surface area contributed by atoms with Gasteiger partial charge in [-0.2, -0.15) is 0 Å². The Hall–Kier alpha value is -1.90. The number of benzene rings is 1. The summed E-state index contributed by atoms with van der Waals surface area (Å²) in [7, 11) is 1.69. The molecule has 0 radical (unpaired) electrons. The second-order valence-corrected chi connectivity index (χ2v) is 4.51. The number of nitrogens with zero attached hydrogens (tertiary/aromatic N) is 2. The Morgan fingerprint density at radius 2 is 1.60 bits per heavy atom. The van der Waals surface area contributed by atoms with Crippen molar-refractivity contribution in [3.05, 3.63) is 42.5 Å². The zero-order valence-electron chi connectivity index (χ0n) is 12.9. The Morgan fingerprint density at radius 1 is 0.950 bits per heavy atom. The molecule has 0 aliphatic carbocycles. The third-order valence-electron chi connectivity index (χ3n) is 3.06. The molecule has 3 nitrogen and oxygen atoms in total. The van der Waals surface area contributed by atoms with Gasteiger partial charge in [0, 0.05) is 18.0 Å². The van der Waals surface area contributed by atoms with Crippen LogP contribution in [-0.2, 0) is 6.42 Å². The summed E-state index contributed by atoms with van der Waals surface area (Å²) in [5.74, 6) is 0.933. The quantitative estimate of drug-likeness (QED) is 0.820. The van der Waals surface area contributed by atoms with E-state index in [9.17, 15) is 0 Å². The van der Waals surface area contributed by atoms with E-state index in [1.807, 2.05) is 24.5 Å². The van der Waals surface area contributed by atoms with E-state index in [1.165, 1.54) is 24.7 Å². The summed E-state index contributed by atoms with van der Waals surface area (Å²) < 4.78 is 5.30. The van der Waals surface area contributed by atoms with Crippen molar-refractivity contribution in [3.8, 4) is 16.9 Å². The topological polar surface area (TPSA) is 35.0 Å². The van der Waals surface area contributed by atoms with Crippen molar-refractivity contribution in [1.82, 2.24) is 9.97 Å². The van der Waals surface area contributed by atoms with Crippen molar-refractivity contribution in [3.63, 3.8) is 0 Å². The van der Waals surface area contributed by atoms with E-state index in [1.54, 1.807) is 7.11 Å². The molecule has 0 bridgehead atoms. The predicted octanol–water partition coefficient (Wildman–Crippen LogP) is 4.52. The molecular weight excluding hydrogens is 248 g/mol. The van der Waals surface area contributed by atoms with Crippen molar-refractivity contribution >= 4 is 0 Å². The molecule has 2 aromatic rings. The normalized spacial score (nSPS) is 9.60. The maximum Gasteiger partial charge on any atom is 0.122 e. The van der Waals surface area contributed by atoms with Gasteiger partial charge in [0.15, 0.2) is 0 Å². The van der Waals surface area contributed by atoms with Gasteiger partial charge >= 0.3 is 0 Å². The Labute approximate surface area is 122 Å². The van der Waals surface area contributed by atoms with Crippen molar-refractivity contribution in [1.29, 1.82) is 0 Å². The molecule has 1 aromatic carbocycles. The highest BCUT2D eigenvalue weighted by molar-refractivity contribution is 5.64. The summed E-state index contributed by atoms with van der Waals surface area (Å²) in [6.45, 7) is 6.48. The molecule has 0 aliphatic heterocycles. The first-order valence-electron chi connectivity index (χ1n) is 7.19. The smallest absolute Gasteiger partial charge is 0.122 e. The minimum Gasteiger partial charge on any atom is -0.496 e. The molecular formula is C17H24N2O. The number of hydrogen-bond acceptors (Lipinski definition) is 3. The number of aryl methyl sites for hydroxylation is 1. The van der Waals surface area contributed by atoms with Gasteiger partial charge in [-0.05, 0) is 29.7 Å². The minimum absolute atomic E-state index is 0.933. The van der Waals surface area contributed by atoms with E-state index < -0.39 is 0 Å². The van der Waals surface area contributed by atoms with Gasteiger partial charge in [0.1, 0.15) is 12.1 Å². The third kappa shape index (κ3) is 4.65. The van der Waals surface area contributed by atoms with Gasteiger partial charge in [-0.1, -0.05) is 39.7 Å². The van der Waals surface area contributed by atoms with Crippen LogP contribution in [0, 0.1) is 0 Å². The Kier molecular flexibility index (Phi) is 7.33. The van der Waals surface area contributed by atoms with E-state index in [2.05, 4.69) is 36.8 Å². The molecule has 1 heterocycles. The first-order valence-corrected chi connectivity index (χ1v) is 7.19. The molecule has 0 amide bonds. The van der Waals surface area contributed by atoms with E-state index >= 15 is 0 Å². The molecule has 0 fully saturated rings. The number of methoxy groups -OCH3 is 1. The largest absolute Gasteiger partial charge is 0.496 e. The molecule has 0 spiro atoms. The zero-order chi connectivity index (χ0) is 14.8. The lowest BCUT2D eigenvalue weighted by Gasteiger charge is -2.08. The van der Waals surface area contributed by atoms with Crippen LogP contribution < -0.4 is 4.74 Å². The SMILES string of the molecule is CCCC.CCc1cc(-c2cncnc2)ccc1OC. The molecule has 2 rings (SSSR count). The number of rotatable bonds is 4. The lowest BCUT2D eigenvalue weighted by atomic mass is 10.0.